The molecule has 0 aromatic rings. The van der Waals surface area contributed by atoms with Crippen molar-refractivity contribution in [1.29, 1.82) is 5.26 Å². The molecule has 21 heavy (non-hydrogen) atoms. The van der Waals surface area contributed by atoms with Crippen molar-refractivity contribution in [1.82, 2.24) is 0 Å². The van der Waals surface area contributed by atoms with E-state index < -0.39 is 0 Å². The molecule has 0 N–H and O–H groups in total. The zero-order valence-electron chi connectivity index (χ0n) is 13.6. The predicted molar refractivity (Wildman–Crippen MR) is 86.8 cm³/mol. The van der Waals surface area contributed by atoms with Crippen molar-refractivity contribution in [2.45, 2.75) is 77.2 Å². The number of hydrogen-bond acceptors (Lipinski definition) is 2. The van der Waals surface area contributed by atoms with Crippen LogP contribution in [0.15, 0.2) is 12.2 Å². The minimum Gasteiger partial charge on any atom is -0.378 e. The number of ether oxygens (including phenoxy) is 1. The van der Waals surface area contributed by atoms with Crippen LogP contribution in [0.2, 0.25) is 0 Å². The lowest BCUT2D eigenvalue weighted by molar-refractivity contribution is -0.00658. The van der Waals surface area contributed by atoms with Crippen molar-refractivity contribution in [2.24, 2.45) is 17.8 Å². The number of nitriles is 1. The summed E-state index contributed by atoms with van der Waals surface area (Å²) in [6, 6.07) is 2.10. The SMILES string of the molecule is CCC[C@H]1CC[C@H](CO[C@H]2CC[C@H](/C=C/C#N)CC2)CC1. The molecule has 0 aromatic heterocycles. The van der Waals surface area contributed by atoms with Gasteiger partial charge in [-0.15, -0.1) is 0 Å². The first-order valence-electron chi connectivity index (χ1n) is 8.99. The molecule has 0 bridgehead atoms. The molecule has 2 rings (SSSR count). The fourth-order valence-electron chi connectivity index (χ4n) is 3.99. The topological polar surface area (TPSA) is 33.0 Å². The number of rotatable bonds is 6. The summed E-state index contributed by atoms with van der Waals surface area (Å²) in [4.78, 5) is 0. The van der Waals surface area contributed by atoms with E-state index in [-0.39, 0.29) is 0 Å². The lowest BCUT2D eigenvalue weighted by Crippen LogP contribution is -2.25. The van der Waals surface area contributed by atoms with Crippen molar-refractivity contribution in [3.8, 4) is 6.07 Å². The second-order valence-electron chi connectivity index (χ2n) is 7.03. The summed E-state index contributed by atoms with van der Waals surface area (Å²) >= 11 is 0. The first kappa shape index (κ1) is 16.6. The highest BCUT2D eigenvalue weighted by Crippen LogP contribution is 2.33. The van der Waals surface area contributed by atoms with Crippen LogP contribution in [0.25, 0.3) is 0 Å². The van der Waals surface area contributed by atoms with Crippen LogP contribution in [0.1, 0.15) is 71.1 Å². The zero-order valence-corrected chi connectivity index (χ0v) is 13.6. The highest BCUT2D eigenvalue weighted by molar-refractivity contribution is 5.04. The Hall–Kier alpha value is -0.810. The van der Waals surface area contributed by atoms with Crippen LogP contribution in [-0.4, -0.2) is 12.7 Å². The second kappa shape index (κ2) is 9.26. The number of allylic oxidation sites excluding steroid dienone is 2. The molecule has 0 aromatic carbocycles. The summed E-state index contributed by atoms with van der Waals surface area (Å²) in [5.74, 6) is 2.41. The van der Waals surface area contributed by atoms with Crippen LogP contribution < -0.4 is 0 Å². The summed E-state index contributed by atoms with van der Waals surface area (Å²) in [5.41, 5.74) is 0. The molecule has 0 amide bonds. The van der Waals surface area contributed by atoms with Gasteiger partial charge in [-0.25, -0.2) is 0 Å². The molecular weight excluding hydrogens is 258 g/mol. The van der Waals surface area contributed by atoms with Crippen molar-refractivity contribution < 1.29 is 4.74 Å². The molecule has 2 heteroatoms. The van der Waals surface area contributed by atoms with Crippen molar-refractivity contribution in [3.05, 3.63) is 12.2 Å². The van der Waals surface area contributed by atoms with Gasteiger partial charge in [0.1, 0.15) is 0 Å². The molecule has 2 fully saturated rings. The van der Waals surface area contributed by atoms with Crippen LogP contribution in [0.3, 0.4) is 0 Å². The molecule has 0 unspecified atom stereocenters. The van der Waals surface area contributed by atoms with Crippen LogP contribution in [0.4, 0.5) is 0 Å². The first-order valence-corrected chi connectivity index (χ1v) is 8.99. The van der Waals surface area contributed by atoms with Gasteiger partial charge in [0.15, 0.2) is 0 Å². The molecule has 2 aliphatic carbocycles. The van der Waals surface area contributed by atoms with Gasteiger partial charge in [0.05, 0.1) is 12.2 Å². The van der Waals surface area contributed by atoms with E-state index >= 15 is 0 Å². The lowest BCUT2D eigenvalue weighted by Gasteiger charge is -2.31. The molecule has 0 atom stereocenters. The van der Waals surface area contributed by atoms with E-state index in [0.29, 0.717) is 12.0 Å². The number of nitrogens with zero attached hydrogens (tertiary/aromatic N) is 1. The fraction of sp³-hybridized carbons (Fsp3) is 0.842. The summed E-state index contributed by atoms with van der Waals surface area (Å²) < 4.78 is 6.18. The summed E-state index contributed by atoms with van der Waals surface area (Å²) in [7, 11) is 0. The summed E-state index contributed by atoms with van der Waals surface area (Å²) in [6.07, 6.45) is 17.3. The Bertz CT molecular complexity index is 341. The Morgan fingerprint density at radius 3 is 2.29 bits per heavy atom. The monoisotopic (exact) mass is 289 g/mol. The Balaban J connectivity index is 1.58. The second-order valence-corrected chi connectivity index (χ2v) is 7.03. The zero-order chi connectivity index (χ0) is 14.9. The average molecular weight is 289 g/mol. The van der Waals surface area contributed by atoms with Crippen LogP contribution in [-0.2, 0) is 4.74 Å². The maximum Gasteiger partial charge on any atom is 0.0908 e. The highest BCUT2D eigenvalue weighted by atomic mass is 16.5. The van der Waals surface area contributed by atoms with Gasteiger partial charge in [0.2, 0.25) is 0 Å². The Morgan fingerprint density at radius 2 is 1.67 bits per heavy atom. The lowest BCUT2D eigenvalue weighted by atomic mass is 9.80. The van der Waals surface area contributed by atoms with Gasteiger partial charge in [0, 0.05) is 12.7 Å². The van der Waals surface area contributed by atoms with E-state index in [0.717, 1.165) is 18.4 Å². The van der Waals surface area contributed by atoms with E-state index in [1.54, 1.807) is 6.08 Å². The molecular formula is C19H31NO. The third-order valence-corrected chi connectivity index (χ3v) is 5.39. The summed E-state index contributed by atoms with van der Waals surface area (Å²) in [5, 5.41) is 8.57. The van der Waals surface area contributed by atoms with E-state index in [1.807, 2.05) is 0 Å². The molecule has 2 aliphatic rings. The van der Waals surface area contributed by atoms with Crippen molar-refractivity contribution in [2.75, 3.05) is 6.61 Å². The van der Waals surface area contributed by atoms with E-state index in [1.165, 1.54) is 64.2 Å². The van der Waals surface area contributed by atoms with Crippen LogP contribution >= 0.6 is 0 Å². The Kier molecular flexibility index (Phi) is 7.30. The largest absolute Gasteiger partial charge is 0.378 e. The van der Waals surface area contributed by atoms with Gasteiger partial charge in [-0.05, 0) is 56.3 Å². The molecule has 0 spiro atoms. The molecule has 2 saturated carbocycles. The number of hydrogen-bond donors (Lipinski definition) is 0. The maximum absolute atomic E-state index is 8.57. The predicted octanol–water partition coefficient (Wildman–Crippen LogP) is 5.25. The quantitative estimate of drug-likeness (QED) is 0.626. The minimum atomic E-state index is 0.477. The standard InChI is InChI=1S/C19H31NO/c1-2-4-16-6-8-18(9-7-16)15-21-19-12-10-17(11-13-19)5-3-14-20/h3,5,16-19H,2,4,6-13,15H2,1H3/b5-3+/t16-,17-,18-,19-. The molecule has 0 radical (unpaired) electrons. The van der Waals surface area contributed by atoms with Crippen molar-refractivity contribution >= 4 is 0 Å². The van der Waals surface area contributed by atoms with Gasteiger partial charge in [-0.3, -0.25) is 0 Å². The van der Waals surface area contributed by atoms with Gasteiger partial charge >= 0.3 is 0 Å². The van der Waals surface area contributed by atoms with Gasteiger partial charge < -0.3 is 4.74 Å². The maximum atomic E-state index is 8.57. The molecule has 0 heterocycles. The third-order valence-electron chi connectivity index (χ3n) is 5.39. The molecule has 118 valence electrons. The highest BCUT2D eigenvalue weighted by Gasteiger charge is 2.24. The fourth-order valence-corrected chi connectivity index (χ4v) is 3.99. The Morgan fingerprint density at radius 1 is 1.00 bits per heavy atom. The van der Waals surface area contributed by atoms with E-state index in [4.69, 9.17) is 10.00 Å². The van der Waals surface area contributed by atoms with Gasteiger partial charge in [0.25, 0.3) is 0 Å². The first-order chi connectivity index (χ1) is 10.3. The van der Waals surface area contributed by atoms with Gasteiger partial charge in [-0.1, -0.05) is 38.7 Å². The Labute approximate surface area is 130 Å². The molecule has 2 nitrogen and oxygen atoms in total. The minimum absolute atomic E-state index is 0.477. The molecule has 0 saturated heterocycles. The van der Waals surface area contributed by atoms with E-state index in [9.17, 15) is 0 Å². The molecule has 0 aliphatic heterocycles. The third kappa shape index (κ3) is 5.83. The van der Waals surface area contributed by atoms with Crippen LogP contribution in [0, 0.1) is 29.1 Å². The van der Waals surface area contributed by atoms with Crippen molar-refractivity contribution in [3.63, 3.8) is 0 Å². The normalized spacial score (nSPS) is 33.9. The summed E-state index contributed by atoms with van der Waals surface area (Å²) in [6.45, 7) is 3.29. The van der Waals surface area contributed by atoms with Gasteiger partial charge in [-0.2, -0.15) is 5.26 Å². The van der Waals surface area contributed by atoms with E-state index in [2.05, 4.69) is 19.1 Å². The van der Waals surface area contributed by atoms with Crippen LogP contribution in [0.5, 0.6) is 0 Å². The average Bonchev–Trinajstić information content (AvgIpc) is 2.53. The smallest absolute Gasteiger partial charge is 0.0908 e.